The lowest BCUT2D eigenvalue weighted by Gasteiger charge is -2.16. The second kappa shape index (κ2) is 4.03. The predicted molar refractivity (Wildman–Crippen MR) is 58.6 cm³/mol. The fourth-order valence-electron chi connectivity index (χ4n) is 1.68. The molecule has 14 heavy (non-hydrogen) atoms. The van der Waals surface area contributed by atoms with E-state index in [4.69, 9.17) is 11.6 Å². The molecule has 0 bridgehead atoms. The number of hydrogen-bond acceptors (Lipinski definition) is 2. The Bertz CT molecular complexity index is 353. The van der Waals surface area contributed by atoms with Crippen molar-refractivity contribution >= 4 is 17.2 Å². The normalized spacial score (nSPS) is 16.5. The molecule has 2 N–H and O–H groups in total. The van der Waals surface area contributed by atoms with E-state index in [0.717, 1.165) is 30.6 Å². The van der Waals surface area contributed by atoms with Crippen LogP contribution >= 0.6 is 11.6 Å². The SMILES string of the molecule is Oc1cccc(Cl)c1C1=CCNCC1. The molecule has 1 aliphatic rings. The zero-order valence-corrected chi connectivity index (χ0v) is 8.51. The Morgan fingerprint density at radius 3 is 2.86 bits per heavy atom. The summed E-state index contributed by atoms with van der Waals surface area (Å²) in [5, 5.41) is 13.5. The van der Waals surface area contributed by atoms with Crippen LogP contribution in [-0.4, -0.2) is 18.2 Å². The van der Waals surface area contributed by atoms with E-state index >= 15 is 0 Å². The monoisotopic (exact) mass is 209 g/mol. The van der Waals surface area contributed by atoms with E-state index in [-0.39, 0.29) is 5.75 Å². The molecule has 74 valence electrons. The van der Waals surface area contributed by atoms with Crippen LogP contribution in [0.5, 0.6) is 5.75 Å². The second-order valence-corrected chi connectivity index (χ2v) is 3.72. The van der Waals surface area contributed by atoms with Crippen LogP contribution in [0.1, 0.15) is 12.0 Å². The molecular weight excluding hydrogens is 198 g/mol. The minimum atomic E-state index is 0.269. The fraction of sp³-hybridized carbons (Fsp3) is 0.273. The van der Waals surface area contributed by atoms with Crippen molar-refractivity contribution in [1.29, 1.82) is 0 Å². The van der Waals surface area contributed by atoms with E-state index in [9.17, 15) is 5.11 Å². The van der Waals surface area contributed by atoms with Gasteiger partial charge >= 0.3 is 0 Å². The lowest BCUT2D eigenvalue weighted by Crippen LogP contribution is -2.20. The number of hydrogen-bond donors (Lipinski definition) is 2. The van der Waals surface area contributed by atoms with Gasteiger partial charge in [-0.05, 0) is 30.7 Å². The third-order valence-corrected chi connectivity index (χ3v) is 2.69. The molecule has 2 rings (SSSR count). The van der Waals surface area contributed by atoms with Crippen LogP contribution < -0.4 is 5.32 Å². The van der Waals surface area contributed by atoms with Crippen molar-refractivity contribution < 1.29 is 5.11 Å². The quantitative estimate of drug-likeness (QED) is 0.745. The predicted octanol–water partition coefficient (Wildman–Crippen LogP) is 2.42. The van der Waals surface area contributed by atoms with Gasteiger partial charge < -0.3 is 10.4 Å². The number of benzene rings is 1. The zero-order valence-electron chi connectivity index (χ0n) is 7.76. The van der Waals surface area contributed by atoms with Gasteiger partial charge in [0.1, 0.15) is 5.75 Å². The molecule has 0 saturated carbocycles. The lowest BCUT2D eigenvalue weighted by molar-refractivity contribution is 0.473. The second-order valence-electron chi connectivity index (χ2n) is 3.32. The van der Waals surface area contributed by atoms with E-state index in [1.807, 2.05) is 0 Å². The number of phenolic OH excluding ortho intramolecular Hbond substituents is 1. The van der Waals surface area contributed by atoms with Crippen LogP contribution in [0.15, 0.2) is 24.3 Å². The third kappa shape index (κ3) is 1.76. The molecule has 0 radical (unpaired) electrons. The molecule has 1 heterocycles. The fourth-order valence-corrected chi connectivity index (χ4v) is 1.97. The van der Waals surface area contributed by atoms with Crippen molar-refractivity contribution in [2.45, 2.75) is 6.42 Å². The van der Waals surface area contributed by atoms with Gasteiger partial charge in [0.05, 0.1) is 5.02 Å². The minimum Gasteiger partial charge on any atom is -0.507 e. The van der Waals surface area contributed by atoms with Gasteiger partial charge in [-0.25, -0.2) is 0 Å². The number of rotatable bonds is 1. The van der Waals surface area contributed by atoms with Crippen LogP contribution in [0.25, 0.3) is 5.57 Å². The summed E-state index contributed by atoms with van der Waals surface area (Å²) in [6.45, 7) is 1.79. The molecule has 0 unspecified atom stereocenters. The maximum atomic E-state index is 9.70. The Hall–Kier alpha value is -0.990. The lowest BCUT2D eigenvalue weighted by atomic mass is 9.99. The summed E-state index contributed by atoms with van der Waals surface area (Å²) in [5.41, 5.74) is 1.92. The van der Waals surface area contributed by atoms with E-state index in [1.165, 1.54) is 0 Å². The first-order valence-corrected chi connectivity index (χ1v) is 5.04. The Morgan fingerprint density at radius 2 is 2.21 bits per heavy atom. The Kier molecular flexibility index (Phi) is 2.75. The molecule has 1 aliphatic heterocycles. The molecule has 1 aromatic carbocycles. The van der Waals surface area contributed by atoms with Crippen molar-refractivity contribution in [3.63, 3.8) is 0 Å². The zero-order chi connectivity index (χ0) is 9.97. The third-order valence-electron chi connectivity index (χ3n) is 2.38. The molecule has 2 nitrogen and oxygen atoms in total. The van der Waals surface area contributed by atoms with E-state index < -0.39 is 0 Å². The largest absolute Gasteiger partial charge is 0.507 e. The molecule has 0 amide bonds. The van der Waals surface area contributed by atoms with Crippen molar-refractivity contribution in [3.8, 4) is 5.75 Å². The summed E-state index contributed by atoms with van der Waals surface area (Å²) in [4.78, 5) is 0. The maximum absolute atomic E-state index is 9.70. The summed E-state index contributed by atoms with van der Waals surface area (Å²) < 4.78 is 0. The van der Waals surface area contributed by atoms with Gasteiger partial charge in [0.15, 0.2) is 0 Å². The van der Waals surface area contributed by atoms with Crippen LogP contribution in [-0.2, 0) is 0 Å². The maximum Gasteiger partial charge on any atom is 0.124 e. The highest BCUT2D eigenvalue weighted by Gasteiger charge is 2.12. The molecule has 0 saturated heterocycles. The molecule has 3 heteroatoms. The average molecular weight is 210 g/mol. The molecule has 1 aromatic rings. The Labute approximate surface area is 88.2 Å². The molecule has 0 atom stereocenters. The molecule has 0 aliphatic carbocycles. The van der Waals surface area contributed by atoms with Crippen molar-refractivity contribution in [3.05, 3.63) is 34.9 Å². The van der Waals surface area contributed by atoms with Crippen LogP contribution in [0.4, 0.5) is 0 Å². The first-order valence-electron chi connectivity index (χ1n) is 4.66. The van der Waals surface area contributed by atoms with Crippen LogP contribution in [0.2, 0.25) is 5.02 Å². The number of phenols is 1. The first-order chi connectivity index (χ1) is 6.79. The smallest absolute Gasteiger partial charge is 0.124 e. The number of nitrogens with one attached hydrogen (secondary N) is 1. The van der Waals surface area contributed by atoms with Crippen molar-refractivity contribution in [2.24, 2.45) is 0 Å². The molecule has 0 aromatic heterocycles. The van der Waals surface area contributed by atoms with Gasteiger partial charge in [0.25, 0.3) is 0 Å². The number of aromatic hydroxyl groups is 1. The van der Waals surface area contributed by atoms with Crippen molar-refractivity contribution in [2.75, 3.05) is 13.1 Å². The summed E-state index contributed by atoms with van der Waals surface area (Å²) in [7, 11) is 0. The summed E-state index contributed by atoms with van der Waals surface area (Å²) in [6, 6.07) is 5.23. The highest BCUT2D eigenvalue weighted by atomic mass is 35.5. The van der Waals surface area contributed by atoms with E-state index in [0.29, 0.717) is 5.02 Å². The summed E-state index contributed by atoms with van der Waals surface area (Å²) in [5.74, 6) is 0.269. The van der Waals surface area contributed by atoms with Crippen LogP contribution in [0, 0.1) is 0 Å². The topological polar surface area (TPSA) is 32.3 Å². The van der Waals surface area contributed by atoms with Gasteiger partial charge in [0.2, 0.25) is 0 Å². The van der Waals surface area contributed by atoms with Crippen molar-refractivity contribution in [1.82, 2.24) is 5.32 Å². The minimum absolute atomic E-state index is 0.269. The van der Waals surface area contributed by atoms with E-state index in [1.54, 1.807) is 18.2 Å². The van der Waals surface area contributed by atoms with Crippen LogP contribution in [0.3, 0.4) is 0 Å². The van der Waals surface area contributed by atoms with Gasteiger partial charge in [-0.1, -0.05) is 23.7 Å². The Morgan fingerprint density at radius 1 is 1.36 bits per heavy atom. The van der Waals surface area contributed by atoms with Gasteiger partial charge in [-0.2, -0.15) is 0 Å². The summed E-state index contributed by atoms with van der Waals surface area (Å²) in [6.07, 6.45) is 2.99. The van der Waals surface area contributed by atoms with Gasteiger partial charge in [-0.15, -0.1) is 0 Å². The van der Waals surface area contributed by atoms with Gasteiger partial charge in [0, 0.05) is 12.1 Å². The van der Waals surface area contributed by atoms with Gasteiger partial charge in [-0.3, -0.25) is 0 Å². The molecule has 0 spiro atoms. The molecular formula is C11H12ClNO. The summed E-state index contributed by atoms with van der Waals surface area (Å²) >= 11 is 6.04. The Balaban J connectivity index is 2.44. The standard InChI is InChI=1S/C11H12ClNO/c12-9-2-1-3-10(14)11(9)8-4-6-13-7-5-8/h1-4,13-14H,5-7H2. The van der Waals surface area contributed by atoms with E-state index in [2.05, 4.69) is 11.4 Å². The average Bonchev–Trinajstić information content (AvgIpc) is 2.19. The number of halogens is 1. The first kappa shape index (κ1) is 9.56. The highest BCUT2D eigenvalue weighted by Crippen LogP contribution is 2.34. The molecule has 0 fully saturated rings. The highest BCUT2D eigenvalue weighted by molar-refractivity contribution is 6.32.